The molecule has 0 spiro atoms. The number of piperazine rings is 1. The van der Waals surface area contributed by atoms with Crippen LogP contribution in [-0.4, -0.2) is 84.3 Å². The van der Waals surface area contributed by atoms with E-state index in [1.807, 2.05) is 0 Å². The summed E-state index contributed by atoms with van der Waals surface area (Å²) < 4.78 is 41.1. The number of benzene rings is 1. The summed E-state index contributed by atoms with van der Waals surface area (Å²) in [5, 5.41) is 3.13. The molecule has 0 saturated carbocycles. The first-order chi connectivity index (χ1) is 12.6. The molecule has 0 bridgehead atoms. The maximum atomic E-state index is 13.0. The van der Waals surface area contributed by atoms with Gasteiger partial charge in [0.25, 0.3) is 5.91 Å². The van der Waals surface area contributed by atoms with Gasteiger partial charge in [-0.1, -0.05) is 6.07 Å². The predicted molar refractivity (Wildman–Crippen MR) is 95.4 cm³/mol. The lowest BCUT2D eigenvalue weighted by atomic mass is 10.2. The number of nitrogens with one attached hydrogen (secondary N) is 1. The average molecular weight is 397 g/mol. The van der Waals surface area contributed by atoms with Crippen LogP contribution < -0.4 is 5.32 Å². The zero-order valence-corrected chi connectivity index (χ0v) is 15.6. The number of carbonyl (C=O) groups excluding carboxylic acids is 1. The van der Waals surface area contributed by atoms with E-state index in [0.29, 0.717) is 37.3 Å². The molecule has 2 fully saturated rings. The van der Waals surface area contributed by atoms with E-state index in [9.17, 15) is 13.2 Å². The summed E-state index contributed by atoms with van der Waals surface area (Å²) in [4.78, 5) is 14.3. The summed E-state index contributed by atoms with van der Waals surface area (Å²) in [5.74, 6) is -0.0833. The Morgan fingerprint density at radius 2 is 2.04 bits per heavy atom. The molecule has 4 rings (SSSR count). The van der Waals surface area contributed by atoms with Crippen LogP contribution in [0.1, 0.15) is 0 Å². The van der Waals surface area contributed by atoms with Gasteiger partial charge in [-0.25, -0.2) is 8.42 Å². The molecule has 2 aromatic rings. The summed E-state index contributed by atoms with van der Waals surface area (Å²) in [6.45, 7) is 2.95. The lowest BCUT2D eigenvalue weighted by Crippen LogP contribution is -2.55. The molecule has 0 radical (unpaired) electrons. The first-order valence-corrected chi connectivity index (χ1v) is 10.6. The minimum atomic E-state index is -3.68. The van der Waals surface area contributed by atoms with Crippen LogP contribution in [0, 0.1) is 0 Å². The van der Waals surface area contributed by atoms with E-state index in [0.717, 1.165) is 18.3 Å². The van der Waals surface area contributed by atoms with Crippen molar-refractivity contribution in [1.82, 2.24) is 23.3 Å². The van der Waals surface area contributed by atoms with Crippen molar-refractivity contribution in [3.63, 3.8) is 0 Å². The van der Waals surface area contributed by atoms with Crippen LogP contribution in [0.5, 0.6) is 0 Å². The molecule has 9 nitrogen and oxygen atoms in total. The number of hydrogen-bond acceptors (Lipinski definition) is 8. The maximum Gasteiger partial charge on any atom is 0.253 e. The van der Waals surface area contributed by atoms with Gasteiger partial charge < -0.3 is 15.0 Å². The third-order valence-corrected chi connectivity index (χ3v) is 7.09. The third kappa shape index (κ3) is 3.21. The normalized spacial score (nSPS) is 22.6. The van der Waals surface area contributed by atoms with Crippen molar-refractivity contribution in [2.75, 3.05) is 45.9 Å². The second-order valence-electron chi connectivity index (χ2n) is 6.18. The molecule has 2 aliphatic rings. The van der Waals surface area contributed by atoms with Crippen LogP contribution in [0.3, 0.4) is 0 Å². The number of hydrogen-bond donors (Lipinski definition) is 1. The molecule has 1 amide bonds. The molecule has 1 atom stereocenters. The quantitative estimate of drug-likeness (QED) is 0.745. The summed E-state index contributed by atoms with van der Waals surface area (Å²) in [6.07, 6.45) is -0.485. The highest BCUT2D eigenvalue weighted by molar-refractivity contribution is 7.89. The second kappa shape index (κ2) is 7.16. The molecule has 1 N–H and O–H groups in total. The summed E-state index contributed by atoms with van der Waals surface area (Å²) in [7, 11) is -3.68. The molecule has 1 aromatic heterocycles. The predicted octanol–water partition coefficient (Wildman–Crippen LogP) is -0.487. The van der Waals surface area contributed by atoms with Gasteiger partial charge in [0, 0.05) is 39.3 Å². The molecular formula is C15H19N5O4S2. The molecule has 11 heteroatoms. The van der Waals surface area contributed by atoms with Crippen molar-refractivity contribution in [3.8, 4) is 0 Å². The number of carbonyl (C=O) groups is 1. The molecule has 3 heterocycles. The highest BCUT2D eigenvalue weighted by Gasteiger charge is 2.34. The largest absolute Gasteiger partial charge is 0.366 e. The van der Waals surface area contributed by atoms with E-state index < -0.39 is 16.1 Å². The van der Waals surface area contributed by atoms with Gasteiger partial charge in [0.1, 0.15) is 22.0 Å². The Balaban J connectivity index is 1.47. The van der Waals surface area contributed by atoms with E-state index in [-0.39, 0.29) is 23.9 Å². The molecule has 0 aliphatic carbocycles. The molecule has 2 saturated heterocycles. The van der Waals surface area contributed by atoms with E-state index >= 15 is 0 Å². The fraction of sp³-hybridized carbons (Fsp3) is 0.533. The van der Waals surface area contributed by atoms with Crippen LogP contribution in [-0.2, 0) is 19.6 Å². The van der Waals surface area contributed by atoms with Gasteiger partial charge in [0.15, 0.2) is 0 Å². The topological polar surface area (TPSA) is 105 Å². The molecule has 1 unspecified atom stereocenters. The van der Waals surface area contributed by atoms with Crippen LogP contribution in [0.25, 0.3) is 11.0 Å². The van der Waals surface area contributed by atoms with Gasteiger partial charge in [0.2, 0.25) is 10.0 Å². The Bertz CT molecular complexity index is 902. The zero-order valence-electron chi connectivity index (χ0n) is 14.0. The molecule has 26 heavy (non-hydrogen) atoms. The standard InChI is InChI=1S/C15H19N5O4S2/c21-15(12-10-16-4-9-24-12)19-5-7-20(8-6-19)26(22,23)13-3-1-2-11-14(13)18-25-17-11/h1-3,12,16H,4-10H2. The van der Waals surface area contributed by atoms with Crippen LogP contribution in [0.2, 0.25) is 0 Å². The van der Waals surface area contributed by atoms with E-state index in [1.165, 1.54) is 4.31 Å². The lowest BCUT2D eigenvalue weighted by Gasteiger charge is -2.36. The van der Waals surface area contributed by atoms with Crippen molar-refractivity contribution in [2.24, 2.45) is 0 Å². The maximum absolute atomic E-state index is 13.0. The van der Waals surface area contributed by atoms with Crippen LogP contribution in [0.15, 0.2) is 23.1 Å². The van der Waals surface area contributed by atoms with E-state index in [1.54, 1.807) is 23.1 Å². The minimum absolute atomic E-state index is 0.0833. The van der Waals surface area contributed by atoms with Crippen molar-refractivity contribution in [2.45, 2.75) is 11.0 Å². The van der Waals surface area contributed by atoms with Crippen LogP contribution >= 0.6 is 11.7 Å². The SMILES string of the molecule is O=C(C1CNCCO1)N1CCN(S(=O)(=O)c2cccc3nsnc23)CC1. The van der Waals surface area contributed by atoms with E-state index in [2.05, 4.69) is 14.1 Å². The Kier molecular flexibility index (Phi) is 4.88. The first-order valence-electron chi connectivity index (χ1n) is 8.40. The van der Waals surface area contributed by atoms with Gasteiger partial charge in [-0.05, 0) is 12.1 Å². The lowest BCUT2D eigenvalue weighted by molar-refractivity contribution is -0.146. The van der Waals surface area contributed by atoms with Gasteiger partial charge in [-0.3, -0.25) is 4.79 Å². The van der Waals surface area contributed by atoms with E-state index in [4.69, 9.17) is 4.74 Å². The monoisotopic (exact) mass is 397 g/mol. The zero-order chi connectivity index (χ0) is 18.1. The van der Waals surface area contributed by atoms with Crippen molar-refractivity contribution >= 4 is 38.7 Å². The summed E-state index contributed by atoms with van der Waals surface area (Å²) >= 11 is 0.994. The summed E-state index contributed by atoms with van der Waals surface area (Å²) in [6, 6.07) is 4.97. The number of sulfonamides is 1. The number of rotatable bonds is 3. The fourth-order valence-corrected chi connectivity index (χ4v) is 5.38. The van der Waals surface area contributed by atoms with Gasteiger partial charge in [-0.15, -0.1) is 0 Å². The van der Waals surface area contributed by atoms with Gasteiger partial charge in [0.05, 0.1) is 18.3 Å². The number of amides is 1. The number of fused-ring (bicyclic) bond motifs is 1. The number of aromatic nitrogens is 2. The molecular weight excluding hydrogens is 378 g/mol. The second-order valence-corrected chi connectivity index (χ2v) is 8.62. The van der Waals surface area contributed by atoms with Crippen molar-refractivity contribution in [1.29, 1.82) is 0 Å². The Morgan fingerprint density at radius 1 is 1.23 bits per heavy atom. The summed E-state index contributed by atoms with van der Waals surface area (Å²) in [5.41, 5.74) is 0.976. The Hall–Kier alpha value is -1.66. The number of morpholine rings is 1. The van der Waals surface area contributed by atoms with Crippen LogP contribution in [0.4, 0.5) is 0 Å². The van der Waals surface area contributed by atoms with Crippen molar-refractivity contribution < 1.29 is 17.9 Å². The molecule has 2 aliphatic heterocycles. The minimum Gasteiger partial charge on any atom is -0.366 e. The highest BCUT2D eigenvalue weighted by atomic mass is 32.2. The highest BCUT2D eigenvalue weighted by Crippen LogP contribution is 2.25. The van der Waals surface area contributed by atoms with Gasteiger partial charge in [-0.2, -0.15) is 13.1 Å². The number of nitrogens with zero attached hydrogens (tertiary/aromatic N) is 4. The average Bonchev–Trinajstić information content (AvgIpc) is 3.17. The smallest absolute Gasteiger partial charge is 0.253 e. The Labute approximate surface area is 155 Å². The first kappa shape index (κ1) is 17.7. The number of ether oxygens (including phenoxy) is 1. The van der Waals surface area contributed by atoms with Gasteiger partial charge >= 0.3 is 0 Å². The third-order valence-electron chi connectivity index (χ3n) is 4.62. The Morgan fingerprint density at radius 3 is 2.77 bits per heavy atom. The fourth-order valence-electron chi connectivity index (χ4n) is 3.21. The molecule has 140 valence electrons. The van der Waals surface area contributed by atoms with Crippen molar-refractivity contribution in [3.05, 3.63) is 18.2 Å². The molecule has 1 aromatic carbocycles.